The minimum atomic E-state index is -0.434. The summed E-state index contributed by atoms with van der Waals surface area (Å²) in [6.45, 7) is 2.69. The molecule has 0 aromatic heterocycles. The van der Waals surface area contributed by atoms with Crippen LogP contribution in [0.25, 0.3) is 0 Å². The average Bonchev–Trinajstić information content (AvgIpc) is 2.92. The zero-order chi connectivity index (χ0) is 13.8. The van der Waals surface area contributed by atoms with Gasteiger partial charge in [-0.2, -0.15) is 0 Å². The Morgan fingerprint density at radius 1 is 1.58 bits per heavy atom. The summed E-state index contributed by atoms with van der Waals surface area (Å²) < 4.78 is 0. The molecule has 1 amide bonds. The molecule has 0 aliphatic carbocycles. The van der Waals surface area contributed by atoms with Gasteiger partial charge in [0, 0.05) is 12.1 Å². The summed E-state index contributed by atoms with van der Waals surface area (Å²) in [6.07, 6.45) is 1.84. The van der Waals surface area contributed by atoms with Gasteiger partial charge < -0.3 is 10.6 Å². The topological polar surface area (TPSA) is 84.3 Å². The van der Waals surface area contributed by atoms with Crippen molar-refractivity contribution in [3.63, 3.8) is 0 Å². The Morgan fingerprint density at radius 3 is 3.00 bits per heavy atom. The second kappa shape index (κ2) is 5.79. The summed E-state index contributed by atoms with van der Waals surface area (Å²) in [5.74, 6) is -0.0449. The van der Waals surface area contributed by atoms with Crippen LogP contribution in [0.2, 0.25) is 0 Å². The third kappa shape index (κ3) is 3.29. The van der Waals surface area contributed by atoms with Gasteiger partial charge in [-0.25, -0.2) is 0 Å². The molecule has 19 heavy (non-hydrogen) atoms. The van der Waals surface area contributed by atoms with E-state index >= 15 is 0 Å². The van der Waals surface area contributed by atoms with Crippen LogP contribution in [0.5, 0.6) is 0 Å². The molecule has 0 bridgehead atoms. The van der Waals surface area contributed by atoms with Crippen LogP contribution in [-0.2, 0) is 4.79 Å². The van der Waals surface area contributed by atoms with Crippen molar-refractivity contribution in [2.45, 2.75) is 31.8 Å². The number of hydrogen-bond donors (Lipinski definition) is 2. The van der Waals surface area contributed by atoms with Crippen molar-refractivity contribution in [2.75, 3.05) is 6.54 Å². The third-order valence-corrected chi connectivity index (χ3v) is 3.32. The molecule has 0 radical (unpaired) electrons. The molecule has 1 aliphatic heterocycles. The van der Waals surface area contributed by atoms with Crippen LogP contribution in [-0.4, -0.2) is 23.4 Å². The fourth-order valence-corrected chi connectivity index (χ4v) is 2.21. The second-order valence-corrected chi connectivity index (χ2v) is 4.73. The summed E-state index contributed by atoms with van der Waals surface area (Å²) in [6, 6.07) is 5.96. The van der Waals surface area contributed by atoms with E-state index in [0.717, 1.165) is 24.9 Å². The van der Waals surface area contributed by atoms with Gasteiger partial charge in [0.05, 0.1) is 17.0 Å². The van der Waals surface area contributed by atoms with Gasteiger partial charge in [0.1, 0.15) is 0 Å². The smallest absolute Gasteiger partial charge is 0.269 e. The SMILES string of the molecule is CC(NC(=O)C1CCCN1)c1cccc([N+](=O)[O-])c1. The molecule has 2 N–H and O–H groups in total. The van der Waals surface area contributed by atoms with Crippen molar-refractivity contribution in [1.82, 2.24) is 10.6 Å². The highest BCUT2D eigenvalue weighted by molar-refractivity contribution is 5.82. The molecular formula is C13H17N3O3. The zero-order valence-corrected chi connectivity index (χ0v) is 10.8. The highest BCUT2D eigenvalue weighted by atomic mass is 16.6. The van der Waals surface area contributed by atoms with Crippen LogP contribution in [0.4, 0.5) is 5.69 Å². The molecule has 102 valence electrons. The van der Waals surface area contributed by atoms with Crippen molar-refractivity contribution in [1.29, 1.82) is 0 Å². The largest absolute Gasteiger partial charge is 0.348 e. The lowest BCUT2D eigenvalue weighted by Crippen LogP contribution is -2.41. The Kier molecular flexibility index (Phi) is 4.11. The number of rotatable bonds is 4. The summed E-state index contributed by atoms with van der Waals surface area (Å²) in [5, 5.41) is 16.7. The van der Waals surface area contributed by atoms with E-state index in [9.17, 15) is 14.9 Å². The van der Waals surface area contributed by atoms with E-state index in [1.807, 2.05) is 6.92 Å². The lowest BCUT2D eigenvalue weighted by molar-refractivity contribution is -0.384. The van der Waals surface area contributed by atoms with E-state index in [4.69, 9.17) is 0 Å². The summed E-state index contributed by atoms with van der Waals surface area (Å²) in [5.41, 5.74) is 0.776. The molecular weight excluding hydrogens is 246 g/mol. The minimum Gasteiger partial charge on any atom is -0.348 e. The van der Waals surface area contributed by atoms with Gasteiger partial charge in [-0.1, -0.05) is 12.1 Å². The molecule has 1 saturated heterocycles. The standard InChI is InChI=1S/C13H17N3O3/c1-9(15-13(17)12-6-3-7-14-12)10-4-2-5-11(8-10)16(18)19/h2,4-5,8-9,12,14H,3,6-7H2,1H3,(H,15,17). The van der Waals surface area contributed by atoms with Gasteiger partial charge in [0.25, 0.3) is 5.69 Å². The van der Waals surface area contributed by atoms with Crippen molar-refractivity contribution in [3.05, 3.63) is 39.9 Å². The van der Waals surface area contributed by atoms with E-state index in [-0.39, 0.29) is 23.7 Å². The van der Waals surface area contributed by atoms with Crippen molar-refractivity contribution >= 4 is 11.6 Å². The highest BCUT2D eigenvalue weighted by Gasteiger charge is 2.23. The first kappa shape index (κ1) is 13.5. The Labute approximate surface area is 111 Å². The van der Waals surface area contributed by atoms with Gasteiger partial charge >= 0.3 is 0 Å². The molecule has 1 heterocycles. The molecule has 2 rings (SSSR count). The number of benzene rings is 1. The Balaban J connectivity index is 2.02. The van der Waals surface area contributed by atoms with Gasteiger partial charge in [0.15, 0.2) is 0 Å². The first-order valence-corrected chi connectivity index (χ1v) is 6.36. The number of nitrogens with one attached hydrogen (secondary N) is 2. The fraction of sp³-hybridized carbons (Fsp3) is 0.462. The Bertz CT molecular complexity index is 484. The molecule has 0 saturated carbocycles. The lowest BCUT2D eigenvalue weighted by Gasteiger charge is -2.17. The van der Waals surface area contributed by atoms with E-state index in [1.165, 1.54) is 12.1 Å². The number of carbonyl (C=O) groups is 1. The maximum atomic E-state index is 11.9. The van der Waals surface area contributed by atoms with Gasteiger partial charge in [-0.15, -0.1) is 0 Å². The van der Waals surface area contributed by atoms with E-state index in [0.29, 0.717) is 0 Å². The molecule has 6 nitrogen and oxygen atoms in total. The van der Waals surface area contributed by atoms with Crippen LogP contribution in [0.3, 0.4) is 0 Å². The first-order valence-electron chi connectivity index (χ1n) is 6.36. The quantitative estimate of drug-likeness (QED) is 0.637. The number of non-ortho nitro benzene ring substituents is 1. The number of nitrogens with zero attached hydrogens (tertiary/aromatic N) is 1. The van der Waals surface area contributed by atoms with Crippen molar-refractivity contribution in [2.24, 2.45) is 0 Å². The zero-order valence-electron chi connectivity index (χ0n) is 10.8. The van der Waals surface area contributed by atoms with Crippen LogP contribution < -0.4 is 10.6 Å². The Hall–Kier alpha value is -1.95. The van der Waals surface area contributed by atoms with Crippen molar-refractivity contribution in [3.8, 4) is 0 Å². The predicted molar refractivity (Wildman–Crippen MR) is 70.7 cm³/mol. The molecule has 2 unspecified atom stereocenters. The predicted octanol–water partition coefficient (Wildman–Crippen LogP) is 1.52. The molecule has 1 aromatic carbocycles. The van der Waals surface area contributed by atoms with Crippen LogP contribution in [0.15, 0.2) is 24.3 Å². The minimum absolute atomic E-state index is 0.0394. The van der Waals surface area contributed by atoms with Gasteiger partial charge in [-0.3, -0.25) is 14.9 Å². The van der Waals surface area contributed by atoms with E-state index < -0.39 is 4.92 Å². The molecule has 2 atom stereocenters. The summed E-state index contributed by atoms with van der Waals surface area (Å²) in [4.78, 5) is 22.2. The van der Waals surface area contributed by atoms with E-state index in [2.05, 4.69) is 10.6 Å². The van der Waals surface area contributed by atoms with Crippen LogP contribution in [0, 0.1) is 10.1 Å². The molecule has 6 heteroatoms. The Morgan fingerprint density at radius 2 is 2.37 bits per heavy atom. The first-order chi connectivity index (χ1) is 9.08. The fourth-order valence-electron chi connectivity index (χ4n) is 2.21. The number of amides is 1. The van der Waals surface area contributed by atoms with E-state index in [1.54, 1.807) is 12.1 Å². The molecule has 1 aromatic rings. The maximum Gasteiger partial charge on any atom is 0.269 e. The van der Waals surface area contributed by atoms with Gasteiger partial charge in [-0.05, 0) is 31.9 Å². The third-order valence-electron chi connectivity index (χ3n) is 3.32. The molecule has 0 spiro atoms. The monoisotopic (exact) mass is 263 g/mol. The summed E-state index contributed by atoms with van der Waals surface area (Å²) in [7, 11) is 0. The van der Waals surface area contributed by atoms with Crippen LogP contribution in [0.1, 0.15) is 31.4 Å². The molecule has 1 fully saturated rings. The van der Waals surface area contributed by atoms with Crippen molar-refractivity contribution < 1.29 is 9.72 Å². The number of nitro groups is 1. The lowest BCUT2D eigenvalue weighted by atomic mass is 10.1. The average molecular weight is 263 g/mol. The van der Waals surface area contributed by atoms with Crippen LogP contribution >= 0.6 is 0 Å². The number of nitro benzene ring substituents is 1. The number of hydrogen-bond acceptors (Lipinski definition) is 4. The number of carbonyl (C=O) groups excluding carboxylic acids is 1. The normalized spacial score (nSPS) is 19.9. The maximum absolute atomic E-state index is 11.9. The molecule has 1 aliphatic rings. The summed E-state index contributed by atoms with van der Waals surface area (Å²) >= 11 is 0. The van der Waals surface area contributed by atoms with Gasteiger partial charge in [0.2, 0.25) is 5.91 Å². The highest BCUT2D eigenvalue weighted by Crippen LogP contribution is 2.19. The second-order valence-electron chi connectivity index (χ2n) is 4.73.